The van der Waals surface area contributed by atoms with Crippen LogP contribution in [0.1, 0.15) is 36.1 Å². The van der Waals surface area contributed by atoms with Crippen LogP contribution in [0.25, 0.3) is 11.0 Å². The Morgan fingerprint density at radius 3 is 2.39 bits per heavy atom. The molecule has 2 aromatic carbocycles. The van der Waals surface area contributed by atoms with Crippen molar-refractivity contribution in [2.24, 2.45) is 5.92 Å². The van der Waals surface area contributed by atoms with Crippen LogP contribution in [0.4, 0.5) is 0 Å². The molecule has 2 amide bonds. The van der Waals surface area contributed by atoms with Gasteiger partial charge >= 0.3 is 11.6 Å². The van der Waals surface area contributed by atoms with E-state index in [1.54, 1.807) is 26.0 Å². The number of hydrogen-bond acceptors (Lipinski definition) is 6. The van der Waals surface area contributed by atoms with Crippen LogP contribution in [0.15, 0.2) is 51.7 Å². The van der Waals surface area contributed by atoms with Gasteiger partial charge in [-0.25, -0.2) is 9.59 Å². The highest BCUT2D eigenvalue weighted by Crippen LogP contribution is 2.31. The molecule has 9 nitrogen and oxygen atoms in total. The summed E-state index contributed by atoms with van der Waals surface area (Å²) in [5, 5.41) is 14.6. The van der Waals surface area contributed by atoms with Gasteiger partial charge in [-0.05, 0) is 48.6 Å². The summed E-state index contributed by atoms with van der Waals surface area (Å²) in [4.78, 5) is 48.3. The van der Waals surface area contributed by atoms with Gasteiger partial charge in [-0.1, -0.05) is 44.2 Å². The Labute approximate surface area is 208 Å². The second-order valence-electron chi connectivity index (χ2n) is 8.98. The van der Waals surface area contributed by atoms with Gasteiger partial charge in [0.05, 0.1) is 11.9 Å². The fourth-order valence-electron chi connectivity index (χ4n) is 3.87. The van der Waals surface area contributed by atoms with Crippen molar-refractivity contribution >= 4 is 28.8 Å². The molecule has 0 saturated heterocycles. The standard InChI is InChI=1S/C27H30N2O7/c1-15(2)25(26(32)33)29-22(30)13-28-23(31)14-35-20-10-16(3)11-21-24(20)17(4)19(27(34)36-21)12-18-8-6-5-7-9-18/h5-11,15,25H,12-14H2,1-4H3,(H,28,31)(H,29,30)(H,32,33). The van der Waals surface area contributed by atoms with Gasteiger partial charge in [0.25, 0.3) is 5.91 Å². The molecule has 3 aromatic rings. The molecule has 0 aliphatic rings. The molecule has 0 bridgehead atoms. The van der Waals surface area contributed by atoms with Crippen LogP contribution in [-0.2, 0) is 20.8 Å². The Morgan fingerprint density at radius 2 is 1.75 bits per heavy atom. The van der Waals surface area contributed by atoms with E-state index in [9.17, 15) is 24.3 Å². The number of carbonyl (C=O) groups excluding carboxylic acids is 2. The zero-order valence-electron chi connectivity index (χ0n) is 20.7. The third-order valence-electron chi connectivity index (χ3n) is 5.76. The van der Waals surface area contributed by atoms with E-state index in [-0.39, 0.29) is 19.1 Å². The van der Waals surface area contributed by atoms with E-state index in [0.29, 0.717) is 34.3 Å². The molecule has 190 valence electrons. The summed E-state index contributed by atoms with van der Waals surface area (Å²) in [5.41, 5.74) is 2.88. The van der Waals surface area contributed by atoms with Gasteiger partial charge in [0.2, 0.25) is 5.91 Å². The van der Waals surface area contributed by atoms with Gasteiger partial charge in [-0.2, -0.15) is 0 Å². The van der Waals surface area contributed by atoms with Crippen LogP contribution in [0.2, 0.25) is 0 Å². The lowest BCUT2D eigenvalue weighted by atomic mass is 9.98. The number of amides is 2. The summed E-state index contributed by atoms with van der Waals surface area (Å²) in [6.45, 7) is 6.21. The summed E-state index contributed by atoms with van der Waals surface area (Å²) in [7, 11) is 0. The number of carbonyl (C=O) groups is 3. The molecule has 0 fully saturated rings. The van der Waals surface area contributed by atoms with Crippen LogP contribution in [0.5, 0.6) is 5.75 Å². The molecule has 0 saturated carbocycles. The third kappa shape index (κ3) is 6.50. The molecule has 0 aliphatic carbocycles. The highest BCUT2D eigenvalue weighted by Gasteiger charge is 2.23. The number of nitrogens with one attached hydrogen (secondary N) is 2. The van der Waals surface area contributed by atoms with E-state index in [1.807, 2.05) is 44.2 Å². The third-order valence-corrected chi connectivity index (χ3v) is 5.76. The summed E-state index contributed by atoms with van der Waals surface area (Å²) in [5.74, 6) is -2.25. The maximum absolute atomic E-state index is 12.7. The number of ether oxygens (including phenoxy) is 1. The van der Waals surface area contributed by atoms with E-state index < -0.39 is 29.5 Å². The number of hydrogen-bond donors (Lipinski definition) is 3. The lowest BCUT2D eigenvalue weighted by molar-refractivity contribution is -0.143. The minimum absolute atomic E-state index is 0.310. The summed E-state index contributed by atoms with van der Waals surface area (Å²) >= 11 is 0. The van der Waals surface area contributed by atoms with Crippen molar-refractivity contribution in [2.45, 2.75) is 40.2 Å². The van der Waals surface area contributed by atoms with Crippen molar-refractivity contribution < 1.29 is 28.6 Å². The van der Waals surface area contributed by atoms with Crippen LogP contribution in [0.3, 0.4) is 0 Å². The normalized spacial score (nSPS) is 11.8. The van der Waals surface area contributed by atoms with Crippen LogP contribution < -0.4 is 21.0 Å². The summed E-state index contributed by atoms with van der Waals surface area (Å²) < 4.78 is 11.4. The molecule has 9 heteroatoms. The number of benzene rings is 2. The van der Waals surface area contributed by atoms with E-state index >= 15 is 0 Å². The molecular formula is C27H30N2O7. The van der Waals surface area contributed by atoms with Gasteiger partial charge in [0, 0.05) is 12.0 Å². The van der Waals surface area contributed by atoms with Crippen molar-refractivity contribution in [2.75, 3.05) is 13.2 Å². The molecule has 1 unspecified atom stereocenters. The lowest BCUT2D eigenvalue weighted by Crippen LogP contribution is -2.48. The molecule has 1 atom stereocenters. The highest BCUT2D eigenvalue weighted by atomic mass is 16.5. The topological polar surface area (TPSA) is 135 Å². The molecule has 0 spiro atoms. The molecule has 3 rings (SSSR count). The number of carboxylic acids is 1. The second kappa shape index (κ2) is 11.5. The molecule has 36 heavy (non-hydrogen) atoms. The van der Waals surface area contributed by atoms with Gasteiger partial charge in [-0.3, -0.25) is 9.59 Å². The summed E-state index contributed by atoms with van der Waals surface area (Å²) in [6, 6.07) is 12.0. The van der Waals surface area contributed by atoms with Crippen LogP contribution >= 0.6 is 0 Å². The highest BCUT2D eigenvalue weighted by molar-refractivity contribution is 5.90. The first kappa shape index (κ1) is 26.5. The fraction of sp³-hybridized carbons (Fsp3) is 0.333. The Kier molecular flexibility index (Phi) is 8.47. The molecule has 3 N–H and O–H groups in total. The largest absolute Gasteiger partial charge is 0.483 e. The van der Waals surface area contributed by atoms with E-state index in [1.165, 1.54) is 0 Å². The summed E-state index contributed by atoms with van der Waals surface area (Å²) in [6.07, 6.45) is 0.390. The Balaban J connectivity index is 1.74. The number of rotatable bonds is 10. The number of aryl methyl sites for hydroxylation is 2. The van der Waals surface area contributed by atoms with Crippen molar-refractivity contribution in [3.63, 3.8) is 0 Å². The zero-order valence-corrected chi connectivity index (χ0v) is 20.7. The van der Waals surface area contributed by atoms with Gasteiger partial charge in [0.15, 0.2) is 6.61 Å². The van der Waals surface area contributed by atoms with E-state index in [0.717, 1.165) is 11.1 Å². The maximum Gasteiger partial charge on any atom is 0.340 e. The fourth-order valence-corrected chi connectivity index (χ4v) is 3.87. The first-order chi connectivity index (χ1) is 17.1. The van der Waals surface area contributed by atoms with Crippen molar-refractivity contribution in [3.05, 3.63) is 75.1 Å². The molecular weight excluding hydrogens is 464 g/mol. The smallest absolute Gasteiger partial charge is 0.340 e. The van der Waals surface area contributed by atoms with Gasteiger partial charge in [0.1, 0.15) is 17.4 Å². The van der Waals surface area contributed by atoms with Crippen molar-refractivity contribution in [3.8, 4) is 5.75 Å². The first-order valence-electron chi connectivity index (χ1n) is 11.6. The first-order valence-corrected chi connectivity index (χ1v) is 11.6. The average Bonchev–Trinajstić information content (AvgIpc) is 2.82. The second-order valence-corrected chi connectivity index (χ2v) is 8.98. The van der Waals surface area contributed by atoms with Crippen LogP contribution in [-0.4, -0.2) is 42.1 Å². The van der Waals surface area contributed by atoms with Crippen molar-refractivity contribution in [1.29, 1.82) is 0 Å². The Morgan fingerprint density at radius 1 is 1.06 bits per heavy atom. The number of carboxylic acid groups (broad SMARTS) is 1. The minimum atomic E-state index is -1.15. The predicted octanol–water partition coefficient (Wildman–Crippen LogP) is 2.72. The van der Waals surface area contributed by atoms with Gasteiger partial charge < -0.3 is 24.9 Å². The predicted molar refractivity (Wildman–Crippen MR) is 134 cm³/mol. The maximum atomic E-state index is 12.7. The van der Waals surface area contributed by atoms with E-state index in [4.69, 9.17) is 9.15 Å². The zero-order chi connectivity index (χ0) is 26.4. The van der Waals surface area contributed by atoms with Crippen LogP contribution in [0, 0.1) is 19.8 Å². The lowest BCUT2D eigenvalue weighted by Gasteiger charge is -2.18. The Hall–Kier alpha value is -4.14. The van der Waals surface area contributed by atoms with E-state index in [2.05, 4.69) is 10.6 Å². The Bertz CT molecular complexity index is 1330. The molecule has 0 radical (unpaired) electrons. The molecule has 1 heterocycles. The quantitative estimate of drug-likeness (QED) is 0.369. The SMILES string of the molecule is Cc1cc(OCC(=O)NCC(=O)NC(C(=O)O)C(C)C)c2c(C)c(Cc3ccccc3)c(=O)oc2c1. The molecule has 1 aromatic heterocycles. The van der Waals surface area contributed by atoms with Gasteiger partial charge in [-0.15, -0.1) is 0 Å². The number of fused-ring (bicyclic) bond motifs is 1. The number of aliphatic carboxylic acids is 1. The minimum Gasteiger partial charge on any atom is -0.483 e. The van der Waals surface area contributed by atoms with Crippen molar-refractivity contribution in [1.82, 2.24) is 10.6 Å². The molecule has 0 aliphatic heterocycles. The monoisotopic (exact) mass is 494 g/mol. The average molecular weight is 495 g/mol.